The quantitative estimate of drug-likeness (QED) is 0.110. The number of aliphatic hydroxyl groups excluding tert-OH is 8. The summed E-state index contributed by atoms with van der Waals surface area (Å²) in [7, 11) is 2.36. The zero-order valence-electron chi connectivity index (χ0n) is 24.7. The second kappa shape index (κ2) is 13.6. The Kier molecular flexibility index (Phi) is 9.99. The average molecular weight is 671 g/mol. The minimum atomic E-state index is -1.94. The van der Waals surface area contributed by atoms with Crippen molar-refractivity contribution in [2.45, 2.75) is 61.4 Å². The monoisotopic (exact) mass is 670 g/mol. The van der Waals surface area contributed by atoms with Gasteiger partial charge in [-0.25, -0.2) is 0 Å². The second-order valence-electron chi connectivity index (χ2n) is 10.7. The Balaban J connectivity index is 1.68. The van der Waals surface area contributed by atoms with Gasteiger partial charge in [-0.3, -0.25) is 4.79 Å². The van der Waals surface area contributed by atoms with Crippen LogP contribution in [0.3, 0.4) is 0 Å². The number of ether oxygens (including phenoxy) is 6. The van der Waals surface area contributed by atoms with E-state index in [2.05, 4.69) is 0 Å². The molecule has 18 nitrogen and oxygen atoms in total. The summed E-state index contributed by atoms with van der Waals surface area (Å²) in [5.41, 5.74) is -1.42. The molecule has 0 aliphatic carbocycles. The molecule has 2 aromatic carbocycles. The molecule has 3 aromatic rings. The third-order valence-electron chi connectivity index (χ3n) is 7.86. The van der Waals surface area contributed by atoms with Crippen molar-refractivity contribution in [2.24, 2.45) is 0 Å². The van der Waals surface area contributed by atoms with Gasteiger partial charge in [0.2, 0.25) is 29.5 Å². The fraction of sp³-hybridized carbons (Fsp3) is 0.483. The average Bonchev–Trinajstić information content (AvgIpc) is 3.06. The van der Waals surface area contributed by atoms with Gasteiger partial charge < -0.3 is 83.9 Å². The van der Waals surface area contributed by atoms with Crippen LogP contribution in [0.1, 0.15) is 0 Å². The van der Waals surface area contributed by atoms with Crippen LogP contribution in [-0.2, 0) is 9.47 Å². The van der Waals surface area contributed by atoms with Gasteiger partial charge in [-0.1, -0.05) is 0 Å². The number of fused-ring (bicyclic) bond motifs is 1. The van der Waals surface area contributed by atoms with Crippen molar-refractivity contribution in [3.05, 3.63) is 34.5 Å². The summed E-state index contributed by atoms with van der Waals surface area (Å²) in [5.74, 6) is -3.18. The number of hydrogen-bond donors (Lipinski definition) is 10. The summed E-state index contributed by atoms with van der Waals surface area (Å²) in [6.07, 6.45) is -17.2. The molecule has 5 rings (SSSR count). The highest BCUT2D eigenvalue weighted by Gasteiger charge is 2.47. The topological polar surface area (TPSA) is 288 Å². The van der Waals surface area contributed by atoms with E-state index in [0.29, 0.717) is 0 Å². The molecule has 3 heterocycles. The van der Waals surface area contributed by atoms with Gasteiger partial charge in [-0.15, -0.1) is 0 Å². The second-order valence-corrected chi connectivity index (χ2v) is 10.7. The number of rotatable bonds is 9. The first-order chi connectivity index (χ1) is 22.4. The van der Waals surface area contributed by atoms with E-state index in [-0.39, 0.29) is 34.2 Å². The lowest BCUT2D eigenvalue weighted by Crippen LogP contribution is -2.60. The maximum Gasteiger partial charge on any atom is 0.239 e. The van der Waals surface area contributed by atoms with Crippen molar-refractivity contribution >= 4 is 11.0 Å². The van der Waals surface area contributed by atoms with E-state index in [1.54, 1.807) is 0 Å². The molecule has 47 heavy (non-hydrogen) atoms. The smallest absolute Gasteiger partial charge is 0.239 e. The zero-order valence-corrected chi connectivity index (χ0v) is 24.7. The van der Waals surface area contributed by atoms with Gasteiger partial charge in [-0.05, 0) is 18.2 Å². The van der Waals surface area contributed by atoms with Crippen molar-refractivity contribution in [1.82, 2.24) is 0 Å². The van der Waals surface area contributed by atoms with Crippen LogP contribution in [0.25, 0.3) is 22.3 Å². The molecule has 10 N–H and O–H groups in total. The Labute approximate surface area is 264 Å². The third kappa shape index (κ3) is 6.11. The summed E-state index contributed by atoms with van der Waals surface area (Å²) in [4.78, 5) is 14.1. The molecule has 0 bridgehead atoms. The highest BCUT2D eigenvalue weighted by Crippen LogP contribution is 2.46. The lowest BCUT2D eigenvalue weighted by molar-refractivity contribution is -0.277. The van der Waals surface area contributed by atoms with E-state index < -0.39 is 103 Å². The van der Waals surface area contributed by atoms with Crippen LogP contribution in [0.5, 0.6) is 34.5 Å². The van der Waals surface area contributed by atoms with Crippen LogP contribution >= 0.6 is 0 Å². The highest BCUT2D eigenvalue weighted by atomic mass is 16.7. The Bertz CT molecular complexity index is 1640. The lowest BCUT2D eigenvalue weighted by atomic mass is 9.99. The molecule has 0 unspecified atom stereocenters. The third-order valence-corrected chi connectivity index (χ3v) is 7.86. The summed E-state index contributed by atoms with van der Waals surface area (Å²) >= 11 is 0. The molecule has 0 spiro atoms. The number of phenols is 2. The van der Waals surface area contributed by atoms with Gasteiger partial charge in [0.25, 0.3) is 0 Å². The predicted octanol–water partition coefficient (Wildman–Crippen LogP) is -2.75. The molecule has 1 aromatic heterocycles. The number of aliphatic hydroxyl groups is 8. The predicted molar refractivity (Wildman–Crippen MR) is 153 cm³/mol. The van der Waals surface area contributed by atoms with Crippen molar-refractivity contribution in [3.8, 4) is 45.8 Å². The van der Waals surface area contributed by atoms with E-state index in [1.807, 2.05) is 0 Å². The Hall–Kier alpha value is -3.95. The Morgan fingerprint density at radius 1 is 0.702 bits per heavy atom. The molecule has 2 fully saturated rings. The van der Waals surface area contributed by atoms with Gasteiger partial charge >= 0.3 is 0 Å². The van der Waals surface area contributed by atoms with Crippen molar-refractivity contribution in [3.63, 3.8) is 0 Å². The van der Waals surface area contributed by atoms with Crippen molar-refractivity contribution in [1.29, 1.82) is 0 Å². The van der Waals surface area contributed by atoms with E-state index >= 15 is 0 Å². The first-order valence-corrected chi connectivity index (χ1v) is 14.1. The maximum absolute atomic E-state index is 14.1. The van der Waals surface area contributed by atoms with Gasteiger partial charge in [0.15, 0.2) is 28.8 Å². The molecule has 18 heteroatoms. The minimum Gasteiger partial charge on any atom is -0.504 e. The Morgan fingerprint density at radius 2 is 1.28 bits per heavy atom. The van der Waals surface area contributed by atoms with Gasteiger partial charge in [0.1, 0.15) is 59.8 Å². The Morgan fingerprint density at radius 3 is 1.81 bits per heavy atom. The molecule has 10 atom stereocenters. The van der Waals surface area contributed by atoms with Crippen LogP contribution in [0.2, 0.25) is 0 Å². The number of methoxy groups -OCH3 is 2. The summed E-state index contributed by atoms with van der Waals surface area (Å²) in [5, 5.41) is 102. The van der Waals surface area contributed by atoms with Crippen LogP contribution in [0.4, 0.5) is 0 Å². The first-order valence-electron chi connectivity index (χ1n) is 14.1. The van der Waals surface area contributed by atoms with Gasteiger partial charge in [0, 0.05) is 11.6 Å². The fourth-order valence-corrected chi connectivity index (χ4v) is 5.25. The summed E-state index contributed by atoms with van der Waals surface area (Å²) in [6, 6.07) is 4.83. The van der Waals surface area contributed by atoms with Crippen LogP contribution in [0, 0.1) is 0 Å². The molecular formula is C29H34O18. The molecule has 0 saturated carbocycles. The minimum absolute atomic E-state index is 0.0463. The number of hydrogen-bond acceptors (Lipinski definition) is 18. The van der Waals surface area contributed by atoms with Gasteiger partial charge in [-0.2, -0.15) is 0 Å². The van der Waals surface area contributed by atoms with Crippen molar-refractivity contribution < 1.29 is 83.9 Å². The fourth-order valence-electron chi connectivity index (χ4n) is 5.25. The maximum atomic E-state index is 14.1. The van der Waals surface area contributed by atoms with E-state index in [0.717, 1.165) is 13.2 Å². The number of benzene rings is 2. The van der Waals surface area contributed by atoms with Crippen LogP contribution in [-0.4, -0.2) is 140 Å². The van der Waals surface area contributed by atoms with E-state index in [1.165, 1.54) is 25.3 Å². The summed E-state index contributed by atoms with van der Waals surface area (Å²) in [6.45, 7) is -1.55. The molecule has 0 amide bonds. The lowest BCUT2D eigenvalue weighted by Gasteiger charge is -2.39. The first kappa shape index (κ1) is 34.4. The van der Waals surface area contributed by atoms with Crippen molar-refractivity contribution in [2.75, 3.05) is 27.4 Å². The molecule has 258 valence electrons. The number of aromatic hydroxyl groups is 2. The molecule has 2 saturated heterocycles. The van der Waals surface area contributed by atoms with E-state index in [9.17, 15) is 55.9 Å². The highest BCUT2D eigenvalue weighted by molar-refractivity contribution is 5.91. The van der Waals surface area contributed by atoms with E-state index in [4.69, 9.17) is 32.8 Å². The molecular weight excluding hydrogens is 636 g/mol. The van der Waals surface area contributed by atoms with Crippen LogP contribution in [0.15, 0.2) is 33.5 Å². The zero-order chi connectivity index (χ0) is 34.3. The molecule has 2 aliphatic heterocycles. The molecule has 2 aliphatic rings. The SMILES string of the molecule is COc1cc(-c2oc3cc(O[C@@H]4O[C@H](CO)[C@@H](O)[C@H](O)[C@H]4O)c(OC)c(O)c3c(=O)c2O[C@@H]2O[C@H](CO)[C@H](O)[C@H](O)[C@H]2O)ccc1O. The van der Waals surface area contributed by atoms with Gasteiger partial charge in [0.05, 0.1) is 27.4 Å². The molecule has 0 radical (unpaired) electrons. The summed E-state index contributed by atoms with van der Waals surface area (Å²) < 4.78 is 38.6. The van der Waals surface area contributed by atoms with Crippen LogP contribution < -0.4 is 24.4 Å². The normalized spacial score (nSPS) is 31.0. The largest absolute Gasteiger partial charge is 0.504 e. The number of phenolic OH excluding ortho intramolecular Hbond substituents is 2. The standard InChI is InChI=1S/C29H34O18/c1-41-11-5-9(3-4-10(11)32)25-27(47-29-24(40)22(38)18(34)15(8-31)46-29)20(36)16-12(43-25)6-13(26(42-2)19(16)35)44-28-23(39)21(37)17(33)14(7-30)45-28/h3-6,14-15,17-18,21-24,28-35,37-40H,7-8H2,1-2H3/t14-,15-,17-,18+,21+,22+,23-,24-,28-,29+/m1/s1.